The first-order chi connectivity index (χ1) is 16.6. The Kier molecular flexibility index (Phi) is 7.44. The minimum atomic E-state index is -4.62. The summed E-state index contributed by atoms with van der Waals surface area (Å²) in [7, 11) is 0. The summed E-state index contributed by atoms with van der Waals surface area (Å²) < 4.78 is 40.3. The average Bonchev–Trinajstić information content (AvgIpc) is 3.31. The molecule has 182 valence electrons. The molecule has 4 aromatic rings. The Balaban J connectivity index is 1.72. The number of phenolic OH excluding ortho intramolecular Hbond substituents is 1. The number of benzene rings is 2. The highest BCUT2D eigenvalue weighted by Gasteiger charge is 2.31. The lowest BCUT2D eigenvalue weighted by Crippen LogP contribution is -2.27. The van der Waals surface area contributed by atoms with E-state index in [2.05, 4.69) is 10.3 Å². The maximum atomic E-state index is 13.4. The van der Waals surface area contributed by atoms with Crippen molar-refractivity contribution in [1.29, 1.82) is 0 Å². The predicted octanol–water partition coefficient (Wildman–Crippen LogP) is 6.09. The molecule has 0 aliphatic rings. The first kappa shape index (κ1) is 25.2. The van der Waals surface area contributed by atoms with Gasteiger partial charge in [0.05, 0.1) is 16.2 Å². The minimum Gasteiger partial charge on any atom is -0.507 e. The molecule has 0 atom stereocenters. The van der Waals surface area contributed by atoms with Gasteiger partial charge in [0.1, 0.15) is 5.75 Å². The zero-order chi connectivity index (χ0) is 25.2. The molecule has 0 saturated carbocycles. The Labute approximate surface area is 211 Å². The van der Waals surface area contributed by atoms with Gasteiger partial charge in [-0.25, -0.2) is 0 Å². The van der Waals surface area contributed by atoms with Crippen LogP contribution in [0, 0.1) is 0 Å². The molecule has 3 N–H and O–H groups in total. The standard InChI is InChI=1S/C24H18ClF3N2O3S2/c25-14-4-6-19(31)17(11-14)21-16-10-13(24(26,27)28)3-5-18(16)30-23(33)22(21)35-12-20(32)29-8-7-15-2-1-9-34-15/h1-6,9-11,31H,7-8,12H2,(H,29,32)(H,30,33). The van der Waals surface area contributed by atoms with Crippen molar-refractivity contribution in [3.8, 4) is 16.9 Å². The second kappa shape index (κ2) is 10.3. The summed E-state index contributed by atoms with van der Waals surface area (Å²) in [6.45, 7) is 0.408. The van der Waals surface area contributed by atoms with Gasteiger partial charge in [-0.1, -0.05) is 17.7 Å². The van der Waals surface area contributed by atoms with E-state index in [1.54, 1.807) is 11.3 Å². The van der Waals surface area contributed by atoms with Crippen molar-refractivity contribution in [2.75, 3.05) is 12.3 Å². The van der Waals surface area contributed by atoms with Crippen LogP contribution in [0.5, 0.6) is 5.75 Å². The summed E-state index contributed by atoms with van der Waals surface area (Å²) in [5.74, 6) is -0.746. The summed E-state index contributed by atoms with van der Waals surface area (Å²) in [5.41, 5.74) is -1.19. The number of aromatic amines is 1. The smallest absolute Gasteiger partial charge is 0.416 e. The normalized spacial score (nSPS) is 11.7. The van der Waals surface area contributed by atoms with Gasteiger partial charge in [0.2, 0.25) is 5.91 Å². The predicted molar refractivity (Wildman–Crippen MR) is 133 cm³/mol. The molecule has 2 aromatic heterocycles. The highest BCUT2D eigenvalue weighted by atomic mass is 35.5. The summed E-state index contributed by atoms with van der Waals surface area (Å²) >= 11 is 8.55. The molecular formula is C24H18ClF3N2O3S2. The third-order valence-electron chi connectivity index (χ3n) is 5.15. The summed E-state index contributed by atoms with van der Waals surface area (Å²) in [6.07, 6.45) is -3.96. The number of rotatable bonds is 7. The van der Waals surface area contributed by atoms with Crippen LogP contribution >= 0.6 is 34.7 Å². The molecule has 1 amide bonds. The van der Waals surface area contributed by atoms with Crippen molar-refractivity contribution in [2.24, 2.45) is 0 Å². The van der Waals surface area contributed by atoms with Crippen molar-refractivity contribution in [3.63, 3.8) is 0 Å². The molecule has 0 aliphatic heterocycles. The molecule has 0 radical (unpaired) electrons. The van der Waals surface area contributed by atoms with Crippen molar-refractivity contribution in [2.45, 2.75) is 17.5 Å². The van der Waals surface area contributed by atoms with E-state index in [-0.39, 0.29) is 49.4 Å². The Hall–Kier alpha value is -2.95. The number of hydrogen-bond acceptors (Lipinski definition) is 5. The summed E-state index contributed by atoms with van der Waals surface area (Å²) in [6, 6.07) is 10.9. The van der Waals surface area contributed by atoms with Crippen LogP contribution in [0.25, 0.3) is 22.0 Å². The number of phenols is 1. The fourth-order valence-corrected chi connectivity index (χ4v) is 5.34. The zero-order valence-corrected chi connectivity index (χ0v) is 20.3. The molecule has 2 heterocycles. The molecule has 0 spiro atoms. The Morgan fingerprint density at radius 3 is 2.69 bits per heavy atom. The van der Waals surface area contributed by atoms with E-state index in [1.165, 1.54) is 18.2 Å². The summed E-state index contributed by atoms with van der Waals surface area (Å²) in [4.78, 5) is 29.1. The number of H-pyrrole nitrogens is 1. The molecule has 11 heteroatoms. The van der Waals surface area contributed by atoms with Gasteiger partial charge in [-0.15, -0.1) is 23.1 Å². The number of amides is 1. The first-order valence-electron chi connectivity index (χ1n) is 10.3. The van der Waals surface area contributed by atoms with Crippen LogP contribution in [0.4, 0.5) is 13.2 Å². The molecule has 2 aromatic carbocycles. The van der Waals surface area contributed by atoms with Gasteiger partial charge < -0.3 is 15.4 Å². The number of nitrogens with one attached hydrogen (secondary N) is 2. The Morgan fingerprint density at radius 2 is 1.97 bits per heavy atom. The van der Waals surface area contributed by atoms with E-state index in [0.717, 1.165) is 34.8 Å². The molecule has 5 nitrogen and oxygen atoms in total. The van der Waals surface area contributed by atoms with Crippen LogP contribution in [0.2, 0.25) is 5.02 Å². The number of thioether (sulfide) groups is 1. The lowest BCUT2D eigenvalue weighted by molar-refractivity contribution is -0.137. The molecule has 0 saturated heterocycles. The van der Waals surface area contributed by atoms with Crippen molar-refractivity contribution in [3.05, 3.63) is 79.7 Å². The quantitative estimate of drug-likeness (QED) is 0.249. The largest absolute Gasteiger partial charge is 0.507 e. The number of carbonyl (C=O) groups excluding carboxylic acids is 1. The van der Waals surface area contributed by atoms with E-state index in [0.29, 0.717) is 13.0 Å². The van der Waals surface area contributed by atoms with Crippen LogP contribution in [0.15, 0.2) is 63.6 Å². The second-order valence-corrected chi connectivity index (χ2v) is 10.0. The number of alkyl halides is 3. The maximum Gasteiger partial charge on any atom is 0.416 e. The van der Waals surface area contributed by atoms with Crippen LogP contribution in [0.1, 0.15) is 10.4 Å². The molecule has 0 fully saturated rings. The lowest BCUT2D eigenvalue weighted by atomic mass is 9.98. The highest BCUT2D eigenvalue weighted by molar-refractivity contribution is 8.00. The fourth-order valence-electron chi connectivity index (χ4n) is 3.53. The Morgan fingerprint density at radius 1 is 1.17 bits per heavy atom. The van der Waals surface area contributed by atoms with E-state index >= 15 is 0 Å². The molecule has 35 heavy (non-hydrogen) atoms. The molecule has 0 aliphatic carbocycles. The van der Waals surface area contributed by atoms with Crippen LogP contribution in [-0.2, 0) is 17.4 Å². The zero-order valence-electron chi connectivity index (χ0n) is 17.9. The van der Waals surface area contributed by atoms with Gasteiger partial charge in [0, 0.05) is 38.5 Å². The van der Waals surface area contributed by atoms with Gasteiger partial charge in [0.25, 0.3) is 5.56 Å². The number of thiophene rings is 1. The fraction of sp³-hybridized carbons (Fsp3) is 0.167. The first-order valence-corrected chi connectivity index (χ1v) is 12.6. The van der Waals surface area contributed by atoms with Crippen molar-refractivity contribution in [1.82, 2.24) is 10.3 Å². The maximum absolute atomic E-state index is 13.4. The summed E-state index contributed by atoms with van der Waals surface area (Å²) in [5, 5.41) is 15.5. The minimum absolute atomic E-state index is 0.00259. The van der Waals surface area contributed by atoms with Crippen LogP contribution < -0.4 is 10.9 Å². The number of pyridine rings is 1. The number of carbonyl (C=O) groups is 1. The molecule has 0 bridgehead atoms. The van der Waals surface area contributed by atoms with Crippen molar-refractivity contribution >= 4 is 51.5 Å². The van der Waals surface area contributed by atoms with Gasteiger partial charge in [0.15, 0.2) is 0 Å². The number of hydrogen-bond donors (Lipinski definition) is 3. The van der Waals surface area contributed by atoms with E-state index < -0.39 is 17.3 Å². The molecular weight excluding hydrogens is 521 g/mol. The van der Waals surface area contributed by atoms with Gasteiger partial charge >= 0.3 is 6.18 Å². The van der Waals surface area contributed by atoms with Crippen molar-refractivity contribution < 1.29 is 23.1 Å². The highest BCUT2D eigenvalue weighted by Crippen LogP contribution is 2.42. The topological polar surface area (TPSA) is 82.2 Å². The van der Waals surface area contributed by atoms with Crippen LogP contribution in [0.3, 0.4) is 0 Å². The average molecular weight is 539 g/mol. The lowest BCUT2D eigenvalue weighted by Gasteiger charge is -2.16. The SMILES string of the molecule is O=C(CSc1c(-c2cc(Cl)ccc2O)c2cc(C(F)(F)F)ccc2[nH]c1=O)NCCc1cccs1. The molecule has 4 rings (SSSR count). The van der Waals surface area contributed by atoms with Crippen LogP contribution in [-0.4, -0.2) is 28.3 Å². The van der Waals surface area contributed by atoms with Gasteiger partial charge in [-0.2, -0.15) is 13.2 Å². The number of aromatic nitrogens is 1. The second-order valence-electron chi connectivity index (χ2n) is 7.55. The third-order valence-corrected chi connectivity index (χ3v) is 7.40. The van der Waals surface area contributed by atoms with E-state index in [9.17, 15) is 27.9 Å². The molecule has 0 unspecified atom stereocenters. The number of halogens is 4. The van der Waals surface area contributed by atoms with E-state index in [4.69, 9.17) is 11.6 Å². The van der Waals surface area contributed by atoms with Gasteiger partial charge in [-0.05, 0) is 54.3 Å². The van der Waals surface area contributed by atoms with E-state index in [1.807, 2.05) is 17.5 Å². The Bertz CT molecular complexity index is 1440. The third kappa shape index (κ3) is 5.83. The monoisotopic (exact) mass is 538 g/mol. The van der Waals surface area contributed by atoms with Gasteiger partial charge in [-0.3, -0.25) is 9.59 Å². The number of aromatic hydroxyl groups is 1. The number of fused-ring (bicyclic) bond motifs is 1.